The first-order valence-corrected chi connectivity index (χ1v) is 21.6. The van der Waals surface area contributed by atoms with E-state index >= 15 is 0 Å². The van der Waals surface area contributed by atoms with Crippen molar-refractivity contribution in [2.75, 3.05) is 40.9 Å². The number of quaternary nitrogens is 1. The minimum Gasteiger partial charge on any atom is -0.756 e. The van der Waals surface area contributed by atoms with Gasteiger partial charge in [-0.1, -0.05) is 167 Å². The van der Waals surface area contributed by atoms with Crippen molar-refractivity contribution in [3.63, 3.8) is 0 Å². The summed E-state index contributed by atoms with van der Waals surface area (Å²) in [5, 5.41) is 24.0. The third kappa shape index (κ3) is 32.8. The summed E-state index contributed by atoms with van der Waals surface area (Å²) in [6, 6.07) is -1.05. The van der Waals surface area contributed by atoms with Gasteiger partial charge in [-0.2, -0.15) is 0 Å². The van der Waals surface area contributed by atoms with Gasteiger partial charge in [0.1, 0.15) is 19.3 Å². The van der Waals surface area contributed by atoms with Crippen molar-refractivity contribution in [3.05, 3.63) is 12.2 Å². The Hall–Kier alpha value is -0.800. The summed E-state index contributed by atoms with van der Waals surface area (Å²) in [7, 11) is 1.12. The number of likely N-dealkylation sites (N-methyl/N-ethyl adjacent to an activating group) is 1. The number of rotatable bonds is 36. The van der Waals surface area contributed by atoms with Crippen molar-refractivity contribution in [2.24, 2.45) is 0 Å². The molecule has 0 radical (unpaired) electrons. The normalized spacial score (nSPS) is 15.3. The molecule has 1 amide bonds. The summed E-state index contributed by atoms with van der Waals surface area (Å²) in [5.41, 5.74) is 0. The number of nitrogens with one attached hydrogen (secondary N) is 1. The molecule has 0 aliphatic carbocycles. The molecule has 9 nitrogen and oxygen atoms in total. The van der Waals surface area contributed by atoms with Crippen LogP contribution in [-0.4, -0.2) is 79.8 Å². The fourth-order valence-electron chi connectivity index (χ4n) is 5.75. The lowest BCUT2D eigenvalue weighted by atomic mass is 10.0. The van der Waals surface area contributed by atoms with E-state index in [1.54, 1.807) is 6.08 Å². The van der Waals surface area contributed by atoms with Gasteiger partial charge in [-0.15, -0.1) is 0 Å². The zero-order valence-electron chi connectivity index (χ0n) is 32.5. The molecule has 0 fully saturated rings. The Kier molecular flexibility index (Phi) is 31.4. The molecule has 0 aliphatic rings. The SMILES string of the molecule is CCCCCCCCCCCCC/C=C/[C@@H](O)[C@H](COP(=O)([O-])OCC[N+](C)(C)C)NC(=O)C(O)CCCCCCCCCCCCCC. The first-order valence-electron chi connectivity index (χ1n) is 20.2. The maximum atomic E-state index is 12.9. The number of carbonyl (C=O) groups excluding carboxylic acids is 1. The molecule has 0 aliphatic heterocycles. The second-order valence-electron chi connectivity index (χ2n) is 15.1. The second kappa shape index (κ2) is 31.9. The van der Waals surface area contributed by atoms with Gasteiger partial charge in [0.15, 0.2) is 0 Å². The minimum absolute atomic E-state index is 0.0412. The van der Waals surface area contributed by atoms with E-state index in [1.165, 1.54) is 116 Å². The van der Waals surface area contributed by atoms with Gasteiger partial charge in [-0.3, -0.25) is 9.36 Å². The summed E-state index contributed by atoms with van der Waals surface area (Å²) in [6.45, 7) is 4.41. The topological polar surface area (TPSA) is 128 Å². The molecular formula is C39H79N2O7P. The lowest BCUT2D eigenvalue weighted by Crippen LogP contribution is -2.49. The molecule has 2 unspecified atom stereocenters. The van der Waals surface area contributed by atoms with Gasteiger partial charge in [-0.05, 0) is 19.3 Å². The van der Waals surface area contributed by atoms with Gasteiger partial charge in [0.05, 0.1) is 39.9 Å². The van der Waals surface area contributed by atoms with Crippen LogP contribution < -0.4 is 10.2 Å². The third-order valence-corrected chi connectivity index (χ3v) is 10.1. The monoisotopic (exact) mass is 719 g/mol. The predicted octanol–water partition coefficient (Wildman–Crippen LogP) is 8.75. The van der Waals surface area contributed by atoms with E-state index in [-0.39, 0.29) is 6.61 Å². The Labute approximate surface area is 302 Å². The Morgan fingerprint density at radius 3 is 1.59 bits per heavy atom. The predicted molar refractivity (Wildman–Crippen MR) is 202 cm³/mol. The van der Waals surface area contributed by atoms with Crippen LogP contribution in [0.4, 0.5) is 0 Å². The number of aliphatic hydroxyl groups excluding tert-OH is 2. The van der Waals surface area contributed by atoms with Crippen LogP contribution in [0.3, 0.4) is 0 Å². The molecule has 3 N–H and O–H groups in total. The minimum atomic E-state index is -4.65. The summed E-state index contributed by atoms with van der Waals surface area (Å²) < 4.78 is 23.0. The second-order valence-corrected chi connectivity index (χ2v) is 16.6. The zero-order chi connectivity index (χ0) is 36.6. The Bertz CT molecular complexity index is 837. The van der Waals surface area contributed by atoms with Crippen molar-refractivity contribution in [1.29, 1.82) is 0 Å². The summed E-state index contributed by atoms with van der Waals surface area (Å²) >= 11 is 0. The molecule has 0 bridgehead atoms. The number of hydrogen-bond donors (Lipinski definition) is 3. The van der Waals surface area contributed by atoms with Crippen LogP contribution in [0, 0.1) is 0 Å². The molecule has 0 aromatic rings. The smallest absolute Gasteiger partial charge is 0.268 e. The summed E-state index contributed by atoms with van der Waals surface area (Å²) in [6.07, 6.45) is 30.3. The summed E-state index contributed by atoms with van der Waals surface area (Å²) in [4.78, 5) is 25.3. The molecule has 0 spiro atoms. The number of carbonyl (C=O) groups is 1. The van der Waals surface area contributed by atoms with Crippen LogP contribution >= 0.6 is 7.82 Å². The van der Waals surface area contributed by atoms with Crippen molar-refractivity contribution in [2.45, 2.75) is 193 Å². The molecule has 0 saturated heterocycles. The number of hydrogen-bond acceptors (Lipinski definition) is 7. The van der Waals surface area contributed by atoms with Crippen molar-refractivity contribution >= 4 is 13.7 Å². The molecule has 0 rings (SSSR count). The first-order chi connectivity index (χ1) is 23.4. The van der Waals surface area contributed by atoms with Gasteiger partial charge in [-0.25, -0.2) is 0 Å². The molecular weight excluding hydrogens is 639 g/mol. The number of phosphoric acid groups is 1. The number of nitrogens with zero attached hydrogens (tertiary/aromatic N) is 1. The fourth-order valence-corrected chi connectivity index (χ4v) is 6.47. The van der Waals surface area contributed by atoms with Crippen LogP contribution in [0.15, 0.2) is 12.2 Å². The third-order valence-electron chi connectivity index (χ3n) is 9.10. The first kappa shape index (κ1) is 48.2. The molecule has 0 aromatic heterocycles. The zero-order valence-corrected chi connectivity index (χ0v) is 33.4. The maximum absolute atomic E-state index is 12.9. The molecule has 4 atom stereocenters. The highest BCUT2D eigenvalue weighted by Crippen LogP contribution is 2.38. The van der Waals surface area contributed by atoms with Crippen molar-refractivity contribution < 1.29 is 38.0 Å². The Morgan fingerprint density at radius 2 is 1.14 bits per heavy atom. The van der Waals surface area contributed by atoms with E-state index in [2.05, 4.69) is 19.2 Å². The van der Waals surface area contributed by atoms with Gasteiger partial charge in [0.2, 0.25) is 5.91 Å². The van der Waals surface area contributed by atoms with Crippen LogP contribution in [0.5, 0.6) is 0 Å². The van der Waals surface area contributed by atoms with E-state index < -0.39 is 38.6 Å². The molecule has 0 aromatic carbocycles. The van der Waals surface area contributed by atoms with E-state index in [1.807, 2.05) is 27.2 Å². The lowest BCUT2D eigenvalue weighted by molar-refractivity contribution is -0.870. The quantitative estimate of drug-likeness (QED) is 0.0256. The van der Waals surface area contributed by atoms with E-state index in [4.69, 9.17) is 9.05 Å². The van der Waals surface area contributed by atoms with Gasteiger partial charge >= 0.3 is 0 Å². The van der Waals surface area contributed by atoms with E-state index in [9.17, 15) is 24.5 Å². The highest BCUT2D eigenvalue weighted by Gasteiger charge is 2.25. The summed E-state index contributed by atoms with van der Waals surface area (Å²) in [5.74, 6) is -0.638. The number of phosphoric ester groups is 1. The average molecular weight is 719 g/mol. The van der Waals surface area contributed by atoms with Crippen molar-refractivity contribution in [3.8, 4) is 0 Å². The molecule has 10 heteroatoms. The fraction of sp³-hybridized carbons (Fsp3) is 0.923. The van der Waals surface area contributed by atoms with Gasteiger partial charge in [0.25, 0.3) is 7.82 Å². The average Bonchev–Trinajstić information content (AvgIpc) is 3.04. The van der Waals surface area contributed by atoms with Crippen molar-refractivity contribution in [1.82, 2.24) is 5.32 Å². The number of allylic oxidation sites excluding steroid dienone is 1. The lowest BCUT2D eigenvalue weighted by Gasteiger charge is -2.29. The molecule has 0 heterocycles. The highest BCUT2D eigenvalue weighted by molar-refractivity contribution is 7.45. The largest absolute Gasteiger partial charge is 0.756 e. The number of aliphatic hydroxyl groups is 2. The number of unbranched alkanes of at least 4 members (excludes halogenated alkanes) is 22. The standard InChI is InChI=1S/C39H79N2O7P/c1-6-8-10-12-14-16-18-20-22-23-25-27-29-31-37(42)36(35-48-49(45,46)47-34-33-41(3,4)5)40-39(44)38(43)32-30-28-26-24-21-19-17-15-13-11-9-7-2/h29,31,36-38,42-43H,6-28,30,32-35H2,1-5H3,(H-,40,44,45,46)/b31-29+/t36-,37+,38?/m0/s1. The van der Waals surface area contributed by atoms with Crippen LogP contribution in [-0.2, 0) is 18.4 Å². The van der Waals surface area contributed by atoms with Gasteiger partial charge < -0.3 is 34.0 Å². The molecule has 49 heavy (non-hydrogen) atoms. The molecule has 0 saturated carbocycles. The number of amides is 1. The highest BCUT2D eigenvalue weighted by atomic mass is 31.2. The van der Waals surface area contributed by atoms with Crippen LogP contribution in [0.1, 0.15) is 174 Å². The Morgan fingerprint density at radius 1 is 0.714 bits per heavy atom. The van der Waals surface area contributed by atoms with E-state index in [0.717, 1.165) is 38.5 Å². The van der Waals surface area contributed by atoms with Crippen LogP contribution in [0.2, 0.25) is 0 Å². The van der Waals surface area contributed by atoms with Gasteiger partial charge in [0, 0.05) is 0 Å². The Balaban J connectivity index is 4.64. The van der Waals surface area contributed by atoms with E-state index in [0.29, 0.717) is 17.4 Å². The maximum Gasteiger partial charge on any atom is 0.268 e. The van der Waals surface area contributed by atoms with Crippen LogP contribution in [0.25, 0.3) is 0 Å². The molecule has 292 valence electrons.